The Hall–Kier alpha value is -1.35. The predicted molar refractivity (Wildman–Crippen MR) is 89.1 cm³/mol. The van der Waals surface area contributed by atoms with Crippen molar-refractivity contribution in [2.45, 2.75) is 52.5 Å². The normalized spacial score (nSPS) is 13.7. The standard InChI is InChI=1S/C18H30N2O/c1-4-20(14-13-17-11-6-5-7-12-17)18(21)15(2)9-8-10-16(3)19/h5-7,11-12,15-16H,4,8-10,13-14,19H2,1-3H3. The first-order valence-electron chi connectivity index (χ1n) is 8.12. The van der Waals surface area contributed by atoms with Gasteiger partial charge in [-0.05, 0) is 38.7 Å². The van der Waals surface area contributed by atoms with Crippen LogP contribution in [0.25, 0.3) is 0 Å². The number of hydrogen-bond acceptors (Lipinski definition) is 2. The molecule has 0 radical (unpaired) electrons. The molecule has 21 heavy (non-hydrogen) atoms. The van der Waals surface area contributed by atoms with Crippen molar-refractivity contribution in [2.24, 2.45) is 11.7 Å². The molecule has 3 nitrogen and oxygen atoms in total. The smallest absolute Gasteiger partial charge is 0.225 e. The van der Waals surface area contributed by atoms with Gasteiger partial charge in [-0.15, -0.1) is 0 Å². The Morgan fingerprint density at radius 1 is 1.19 bits per heavy atom. The Balaban J connectivity index is 2.41. The van der Waals surface area contributed by atoms with Gasteiger partial charge in [0.1, 0.15) is 0 Å². The van der Waals surface area contributed by atoms with Crippen LogP contribution in [0.1, 0.15) is 45.6 Å². The summed E-state index contributed by atoms with van der Waals surface area (Å²) in [6.45, 7) is 7.69. The molecular weight excluding hydrogens is 260 g/mol. The second kappa shape index (κ2) is 9.56. The highest BCUT2D eigenvalue weighted by Crippen LogP contribution is 2.13. The fourth-order valence-corrected chi connectivity index (χ4v) is 2.51. The zero-order valence-electron chi connectivity index (χ0n) is 13.7. The minimum Gasteiger partial charge on any atom is -0.342 e. The van der Waals surface area contributed by atoms with Gasteiger partial charge in [0.25, 0.3) is 0 Å². The lowest BCUT2D eigenvalue weighted by molar-refractivity contribution is -0.135. The third kappa shape index (κ3) is 6.76. The van der Waals surface area contributed by atoms with E-state index in [9.17, 15) is 4.79 Å². The van der Waals surface area contributed by atoms with Crippen molar-refractivity contribution < 1.29 is 4.79 Å². The van der Waals surface area contributed by atoms with Crippen LogP contribution in [0.5, 0.6) is 0 Å². The van der Waals surface area contributed by atoms with E-state index in [1.807, 2.05) is 36.9 Å². The topological polar surface area (TPSA) is 46.3 Å². The molecule has 1 amide bonds. The van der Waals surface area contributed by atoms with Crippen LogP contribution >= 0.6 is 0 Å². The number of hydrogen-bond donors (Lipinski definition) is 1. The van der Waals surface area contributed by atoms with Crippen LogP contribution in [0.3, 0.4) is 0 Å². The average molecular weight is 290 g/mol. The van der Waals surface area contributed by atoms with Crippen molar-refractivity contribution in [3.05, 3.63) is 35.9 Å². The van der Waals surface area contributed by atoms with Crippen LogP contribution in [0, 0.1) is 5.92 Å². The molecule has 0 aliphatic carbocycles. The zero-order chi connectivity index (χ0) is 15.7. The maximum atomic E-state index is 12.5. The molecule has 3 heteroatoms. The molecule has 0 spiro atoms. The van der Waals surface area contributed by atoms with Gasteiger partial charge < -0.3 is 10.6 Å². The van der Waals surface area contributed by atoms with Gasteiger partial charge in [-0.25, -0.2) is 0 Å². The van der Waals surface area contributed by atoms with Crippen molar-refractivity contribution in [1.82, 2.24) is 4.90 Å². The summed E-state index contributed by atoms with van der Waals surface area (Å²) in [5.74, 6) is 0.373. The fraction of sp³-hybridized carbons (Fsp3) is 0.611. The van der Waals surface area contributed by atoms with Gasteiger partial charge >= 0.3 is 0 Å². The van der Waals surface area contributed by atoms with Gasteiger partial charge in [0.05, 0.1) is 0 Å². The molecular formula is C18H30N2O. The van der Waals surface area contributed by atoms with Crippen LogP contribution in [0.2, 0.25) is 0 Å². The molecule has 2 unspecified atom stereocenters. The molecule has 0 bridgehead atoms. The van der Waals surface area contributed by atoms with E-state index < -0.39 is 0 Å². The predicted octanol–water partition coefficient (Wildman–Crippen LogP) is 3.23. The zero-order valence-corrected chi connectivity index (χ0v) is 13.7. The van der Waals surface area contributed by atoms with Gasteiger partial charge in [0.2, 0.25) is 5.91 Å². The lowest BCUT2D eigenvalue weighted by Crippen LogP contribution is -2.36. The molecule has 2 atom stereocenters. The molecule has 0 saturated heterocycles. The van der Waals surface area contributed by atoms with E-state index in [0.29, 0.717) is 0 Å². The molecule has 0 aliphatic heterocycles. The highest BCUT2D eigenvalue weighted by Gasteiger charge is 2.18. The van der Waals surface area contributed by atoms with E-state index in [1.54, 1.807) is 0 Å². The van der Waals surface area contributed by atoms with Crippen molar-refractivity contribution in [1.29, 1.82) is 0 Å². The molecule has 118 valence electrons. The Morgan fingerprint density at radius 3 is 2.43 bits per heavy atom. The molecule has 0 aromatic heterocycles. The van der Waals surface area contributed by atoms with Crippen molar-refractivity contribution in [2.75, 3.05) is 13.1 Å². The van der Waals surface area contributed by atoms with Crippen LogP contribution < -0.4 is 5.73 Å². The van der Waals surface area contributed by atoms with Crippen LogP contribution in [-0.2, 0) is 11.2 Å². The number of amides is 1. The molecule has 1 rings (SSSR count). The molecule has 0 fully saturated rings. The SMILES string of the molecule is CCN(CCc1ccccc1)C(=O)C(C)CCCC(C)N. The second-order valence-corrected chi connectivity index (χ2v) is 5.96. The summed E-state index contributed by atoms with van der Waals surface area (Å²) < 4.78 is 0. The highest BCUT2D eigenvalue weighted by molar-refractivity contribution is 5.78. The quantitative estimate of drug-likeness (QED) is 0.759. The summed E-state index contributed by atoms with van der Waals surface area (Å²) in [5.41, 5.74) is 7.04. The van der Waals surface area contributed by atoms with Crippen LogP contribution in [-0.4, -0.2) is 29.9 Å². The first kappa shape index (κ1) is 17.7. The Labute approximate surface area is 129 Å². The van der Waals surface area contributed by atoms with E-state index in [2.05, 4.69) is 19.1 Å². The van der Waals surface area contributed by atoms with Crippen molar-refractivity contribution in [3.8, 4) is 0 Å². The largest absolute Gasteiger partial charge is 0.342 e. The summed E-state index contributed by atoms with van der Waals surface area (Å²) in [7, 11) is 0. The Kier molecular flexibility index (Phi) is 8.06. The van der Waals surface area contributed by atoms with Crippen molar-refractivity contribution in [3.63, 3.8) is 0 Å². The third-order valence-electron chi connectivity index (χ3n) is 3.92. The number of carbonyl (C=O) groups excluding carboxylic acids is 1. The monoisotopic (exact) mass is 290 g/mol. The van der Waals surface area contributed by atoms with Gasteiger partial charge in [-0.2, -0.15) is 0 Å². The number of carbonyl (C=O) groups is 1. The van der Waals surface area contributed by atoms with Gasteiger partial charge in [0, 0.05) is 25.0 Å². The molecule has 1 aromatic carbocycles. The maximum absolute atomic E-state index is 12.5. The number of rotatable bonds is 9. The van der Waals surface area contributed by atoms with Crippen LogP contribution in [0.15, 0.2) is 30.3 Å². The number of nitrogens with two attached hydrogens (primary N) is 1. The Morgan fingerprint density at radius 2 is 1.86 bits per heavy atom. The number of benzene rings is 1. The minimum atomic E-state index is 0.0967. The van der Waals surface area contributed by atoms with Gasteiger partial charge in [0.15, 0.2) is 0 Å². The minimum absolute atomic E-state index is 0.0967. The summed E-state index contributed by atoms with van der Waals surface area (Å²) in [6.07, 6.45) is 3.88. The van der Waals surface area contributed by atoms with Gasteiger partial charge in [-0.3, -0.25) is 4.79 Å². The molecule has 0 aliphatic rings. The van der Waals surface area contributed by atoms with Gasteiger partial charge in [-0.1, -0.05) is 43.7 Å². The maximum Gasteiger partial charge on any atom is 0.225 e. The first-order chi connectivity index (χ1) is 10.0. The lowest BCUT2D eigenvalue weighted by atomic mass is 10.0. The fourth-order valence-electron chi connectivity index (χ4n) is 2.51. The summed E-state index contributed by atoms with van der Waals surface area (Å²) >= 11 is 0. The number of nitrogens with zero attached hydrogens (tertiary/aromatic N) is 1. The Bertz CT molecular complexity index is 403. The molecule has 1 aromatic rings. The number of likely N-dealkylation sites (N-methyl/N-ethyl adjacent to an activating group) is 1. The first-order valence-corrected chi connectivity index (χ1v) is 8.12. The lowest BCUT2D eigenvalue weighted by Gasteiger charge is -2.24. The van der Waals surface area contributed by atoms with E-state index >= 15 is 0 Å². The van der Waals surface area contributed by atoms with Crippen LogP contribution in [0.4, 0.5) is 0 Å². The average Bonchev–Trinajstić information content (AvgIpc) is 2.48. The second-order valence-electron chi connectivity index (χ2n) is 5.96. The van der Waals surface area contributed by atoms with E-state index in [0.717, 1.165) is 38.8 Å². The van der Waals surface area contributed by atoms with E-state index in [4.69, 9.17) is 5.73 Å². The third-order valence-corrected chi connectivity index (χ3v) is 3.92. The summed E-state index contributed by atoms with van der Waals surface area (Å²) in [6, 6.07) is 10.6. The van der Waals surface area contributed by atoms with E-state index in [1.165, 1.54) is 5.56 Å². The molecule has 2 N–H and O–H groups in total. The van der Waals surface area contributed by atoms with Crippen molar-refractivity contribution >= 4 is 5.91 Å². The van der Waals surface area contributed by atoms with E-state index in [-0.39, 0.29) is 17.9 Å². The highest BCUT2D eigenvalue weighted by atomic mass is 16.2. The summed E-state index contributed by atoms with van der Waals surface area (Å²) in [4.78, 5) is 14.4. The molecule has 0 saturated carbocycles. The summed E-state index contributed by atoms with van der Waals surface area (Å²) in [5, 5.41) is 0. The molecule has 0 heterocycles.